The Labute approximate surface area is 134 Å². The molecule has 3 aromatic carbocycles. The highest BCUT2D eigenvalue weighted by Crippen LogP contribution is 2.34. The fourth-order valence-corrected chi connectivity index (χ4v) is 2.82. The Balaban J connectivity index is 1.89. The molecule has 1 heterocycles. The highest BCUT2D eigenvalue weighted by Gasteiger charge is 2.11. The zero-order valence-electron chi connectivity index (χ0n) is 13.0. The third-order valence-corrected chi connectivity index (χ3v) is 4.10. The first kappa shape index (κ1) is 13.6. The van der Waals surface area contributed by atoms with E-state index in [0.717, 1.165) is 27.5 Å². The first-order valence-corrected chi connectivity index (χ1v) is 7.51. The number of phenols is 1. The quantitative estimate of drug-likeness (QED) is 0.585. The fraction of sp³-hybridized carbons (Fsp3) is 0.105. The van der Waals surface area contributed by atoms with Crippen LogP contribution in [0.25, 0.3) is 33.2 Å². The smallest absolute Gasteiger partial charge is 0.142 e. The molecule has 0 atom stereocenters. The van der Waals surface area contributed by atoms with E-state index >= 15 is 0 Å². The predicted octanol–water partition coefficient (Wildman–Crippen LogP) is 4.15. The minimum absolute atomic E-state index is 0.229. The highest BCUT2D eigenvalue weighted by atomic mass is 16.3. The van der Waals surface area contributed by atoms with Gasteiger partial charge in [-0.1, -0.05) is 18.2 Å². The van der Waals surface area contributed by atoms with Crippen LogP contribution in [0.3, 0.4) is 0 Å². The van der Waals surface area contributed by atoms with Crippen LogP contribution in [-0.4, -0.2) is 29.2 Å². The predicted molar refractivity (Wildman–Crippen MR) is 95.0 cm³/mol. The van der Waals surface area contributed by atoms with E-state index in [2.05, 4.69) is 28.2 Å². The molecule has 4 heteroatoms. The number of phenolic OH excluding ortho intramolecular Hbond substituents is 1. The van der Waals surface area contributed by atoms with Crippen LogP contribution in [0.1, 0.15) is 0 Å². The fourth-order valence-electron chi connectivity index (χ4n) is 2.82. The molecule has 0 unspecified atom stereocenters. The summed E-state index contributed by atoms with van der Waals surface area (Å²) in [5.41, 5.74) is 3.68. The van der Waals surface area contributed by atoms with Crippen LogP contribution in [0.4, 0.5) is 5.69 Å². The molecule has 0 spiro atoms. The van der Waals surface area contributed by atoms with Crippen molar-refractivity contribution in [3.8, 4) is 17.1 Å². The van der Waals surface area contributed by atoms with Crippen molar-refractivity contribution in [3.63, 3.8) is 0 Å². The molecule has 0 amide bonds. The average molecular weight is 303 g/mol. The lowest BCUT2D eigenvalue weighted by Crippen LogP contribution is -2.07. The molecule has 0 aliphatic carbocycles. The van der Waals surface area contributed by atoms with Gasteiger partial charge < -0.3 is 15.0 Å². The maximum atomic E-state index is 10.4. The molecule has 0 bridgehead atoms. The number of hydrogen-bond acceptors (Lipinski definition) is 3. The van der Waals surface area contributed by atoms with Crippen LogP contribution in [0, 0.1) is 0 Å². The zero-order valence-corrected chi connectivity index (χ0v) is 13.0. The summed E-state index contributed by atoms with van der Waals surface area (Å²) in [5, 5.41) is 12.5. The second-order valence-corrected chi connectivity index (χ2v) is 5.90. The van der Waals surface area contributed by atoms with Gasteiger partial charge in [0.2, 0.25) is 0 Å². The van der Waals surface area contributed by atoms with E-state index < -0.39 is 0 Å². The van der Waals surface area contributed by atoms with Gasteiger partial charge in [0, 0.05) is 19.8 Å². The van der Waals surface area contributed by atoms with Crippen LogP contribution in [0.15, 0.2) is 54.6 Å². The number of nitrogens with one attached hydrogen (secondary N) is 1. The Morgan fingerprint density at radius 2 is 1.78 bits per heavy atom. The van der Waals surface area contributed by atoms with Gasteiger partial charge in [-0.05, 0) is 47.2 Å². The molecule has 1 aromatic heterocycles. The molecule has 2 N–H and O–H groups in total. The summed E-state index contributed by atoms with van der Waals surface area (Å²) < 4.78 is 0. The van der Waals surface area contributed by atoms with Crippen LogP contribution >= 0.6 is 0 Å². The normalized spacial score (nSPS) is 11.2. The molecule has 4 nitrogen and oxygen atoms in total. The first-order valence-electron chi connectivity index (χ1n) is 7.51. The summed E-state index contributed by atoms with van der Waals surface area (Å²) >= 11 is 0. The van der Waals surface area contributed by atoms with E-state index in [9.17, 15) is 5.11 Å². The molecular formula is C19H17N3O. The van der Waals surface area contributed by atoms with Crippen LogP contribution in [-0.2, 0) is 0 Å². The lowest BCUT2D eigenvalue weighted by Gasteiger charge is -2.13. The molecule has 23 heavy (non-hydrogen) atoms. The van der Waals surface area contributed by atoms with E-state index in [1.165, 1.54) is 0 Å². The third kappa shape index (κ3) is 2.28. The van der Waals surface area contributed by atoms with E-state index in [4.69, 9.17) is 0 Å². The van der Waals surface area contributed by atoms with Gasteiger partial charge in [0.15, 0.2) is 0 Å². The van der Waals surface area contributed by atoms with Gasteiger partial charge in [-0.15, -0.1) is 0 Å². The van der Waals surface area contributed by atoms with Gasteiger partial charge >= 0.3 is 0 Å². The van der Waals surface area contributed by atoms with E-state index in [1.807, 2.05) is 49.3 Å². The Bertz CT molecular complexity index is 985. The van der Waals surface area contributed by atoms with Crippen LogP contribution < -0.4 is 4.90 Å². The Morgan fingerprint density at radius 3 is 2.57 bits per heavy atom. The Morgan fingerprint density at radius 1 is 0.957 bits per heavy atom. The summed E-state index contributed by atoms with van der Waals surface area (Å²) in [6.07, 6.45) is 0. The first-order chi connectivity index (χ1) is 11.1. The molecule has 0 aliphatic rings. The van der Waals surface area contributed by atoms with Gasteiger partial charge in [-0.2, -0.15) is 0 Å². The molecule has 0 aliphatic heterocycles. The molecule has 114 valence electrons. The number of aromatic amines is 1. The van der Waals surface area contributed by atoms with Crippen LogP contribution in [0.5, 0.6) is 5.75 Å². The molecule has 0 saturated carbocycles. The van der Waals surface area contributed by atoms with Gasteiger partial charge in [0.1, 0.15) is 11.6 Å². The Hall–Kier alpha value is -3.01. The number of benzene rings is 3. The van der Waals surface area contributed by atoms with Gasteiger partial charge in [-0.25, -0.2) is 4.98 Å². The van der Waals surface area contributed by atoms with E-state index in [-0.39, 0.29) is 5.75 Å². The minimum atomic E-state index is 0.229. The van der Waals surface area contributed by atoms with Crippen molar-refractivity contribution in [1.82, 2.24) is 9.97 Å². The highest BCUT2D eigenvalue weighted by molar-refractivity contribution is 5.92. The number of H-pyrrole nitrogens is 1. The number of anilines is 1. The monoisotopic (exact) mass is 303 g/mol. The molecule has 0 fully saturated rings. The van der Waals surface area contributed by atoms with Crippen molar-refractivity contribution in [3.05, 3.63) is 54.6 Å². The van der Waals surface area contributed by atoms with Gasteiger partial charge in [0.25, 0.3) is 0 Å². The molecule has 4 aromatic rings. The summed E-state index contributed by atoms with van der Waals surface area (Å²) in [7, 11) is 4.01. The SMILES string of the molecule is CN(C)c1ccc2cc(-c3nc4ccccc4[nH]3)c(O)cc2c1. The van der Waals surface area contributed by atoms with Crippen molar-refractivity contribution in [2.75, 3.05) is 19.0 Å². The van der Waals surface area contributed by atoms with E-state index in [0.29, 0.717) is 11.4 Å². The van der Waals surface area contributed by atoms with Crippen molar-refractivity contribution in [1.29, 1.82) is 0 Å². The minimum Gasteiger partial charge on any atom is -0.507 e. The van der Waals surface area contributed by atoms with Crippen molar-refractivity contribution >= 4 is 27.5 Å². The number of imidazole rings is 1. The lowest BCUT2D eigenvalue weighted by molar-refractivity contribution is 0.478. The van der Waals surface area contributed by atoms with Crippen molar-refractivity contribution in [2.45, 2.75) is 0 Å². The van der Waals surface area contributed by atoms with Crippen LogP contribution in [0.2, 0.25) is 0 Å². The summed E-state index contributed by atoms with van der Waals surface area (Å²) in [5.74, 6) is 0.912. The Kier molecular flexibility index (Phi) is 2.98. The van der Waals surface area contributed by atoms with Gasteiger partial charge in [-0.3, -0.25) is 0 Å². The summed E-state index contributed by atoms with van der Waals surface area (Å²) in [6, 6.07) is 17.8. The third-order valence-electron chi connectivity index (χ3n) is 4.10. The maximum Gasteiger partial charge on any atom is 0.142 e. The number of aromatic hydroxyl groups is 1. The number of hydrogen-bond donors (Lipinski definition) is 2. The molecule has 4 rings (SSSR count). The maximum absolute atomic E-state index is 10.4. The standard InChI is InChI=1S/C19H17N3O/c1-22(2)14-8-7-12-10-15(18(23)11-13(12)9-14)19-20-16-5-3-4-6-17(16)21-19/h3-11,23H,1-2H3,(H,20,21). The zero-order chi connectivity index (χ0) is 16.0. The number of fused-ring (bicyclic) bond motifs is 2. The number of para-hydroxylation sites is 2. The number of rotatable bonds is 2. The number of nitrogens with zero attached hydrogens (tertiary/aromatic N) is 2. The average Bonchev–Trinajstić information content (AvgIpc) is 2.97. The summed E-state index contributed by atoms with van der Waals surface area (Å²) in [6.45, 7) is 0. The van der Waals surface area contributed by atoms with Crippen molar-refractivity contribution in [2.24, 2.45) is 0 Å². The van der Waals surface area contributed by atoms with Crippen molar-refractivity contribution < 1.29 is 5.11 Å². The molecular weight excluding hydrogens is 286 g/mol. The second-order valence-electron chi connectivity index (χ2n) is 5.90. The molecule has 0 saturated heterocycles. The largest absolute Gasteiger partial charge is 0.507 e. The van der Waals surface area contributed by atoms with Gasteiger partial charge in [0.05, 0.1) is 16.6 Å². The topological polar surface area (TPSA) is 52.2 Å². The number of aromatic nitrogens is 2. The van der Waals surface area contributed by atoms with E-state index in [1.54, 1.807) is 6.07 Å². The summed E-state index contributed by atoms with van der Waals surface area (Å²) in [4.78, 5) is 9.89. The lowest BCUT2D eigenvalue weighted by atomic mass is 10.0. The molecule has 0 radical (unpaired) electrons. The second kappa shape index (κ2) is 5.02.